The topological polar surface area (TPSA) is 88.1 Å². The van der Waals surface area contributed by atoms with Crippen LogP contribution in [0.4, 0.5) is 16.0 Å². The van der Waals surface area contributed by atoms with Crippen molar-refractivity contribution >= 4 is 56.5 Å². The van der Waals surface area contributed by atoms with Gasteiger partial charge in [0.15, 0.2) is 5.13 Å². The van der Waals surface area contributed by atoms with Gasteiger partial charge in [0.25, 0.3) is 0 Å². The molecule has 3 rings (SSSR count). The van der Waals surface area contributed by atoms with Crippen LogP contribution >= 0.6 is 22.7 Å². The normalized spacial score (nSPS) is 11.2. The molecule has 0 saturated carbocycles. The zero-order valence-electron chi connectivity index (χ0n) is 17.0. The number of rotatable bonds is 8. The molecule has 0 spiro atoms. The van der Waals surface area contributed by atoms with Gasteiger partial charge in [-0.1, -0.05) is 43.4 Å². The highest BCUT2D eigenvalue weighted by atomic mass is 32.1. The van der Waals surface area contributed by atoms with Gasteiger partial charge in [0.2, 0.25) is 16.9 Å². The Morgan fingerprint density at radius 2 is 1.90 bits per heavy atom. The molecule has 2 aromatic heterocycles. The lowest BCUT2D eigenvalue weighted by Gasteiger charge is -2.17. The Hall–Kier alpha value is -2.91. The molecule has 0 saturated heterocycles. The average Bonchev–Trinajstić information content (AvgIpc) is 3.38. The molecule has 0 bridgehead atoms. The van der Waals surface area contributed by atoms with E-state index >= 15 is 0 Å². The number of thiazole rings is 1. The van der Waals surface area contributed by atoms with Crippen LogP contribution < -0.4 is 10.2 Å². The summed E-state index contributed by atoms with van der Waals surface area (Å²) in [5.41, 5.74) is 1.35. The van der Waals surface area contributed by atoms with E-state index in [9.17, 15) is 9.59 Å². The van der Waals surface area contributed by atoms with Crippen LogP contribution in [0.1, 0.15) is 50.2 Å². The van der Waals surface area contributed by atoms with Crippen LogP contribution in [0.15, 0.2) is 41.8 Å². The minimum absolute atomic E-state index is 0.131. The van der Waals surface area contributed by atoms with Crippen molar-refractivity contribution in [3.05, 3.63) is 52.5 Å². The van der Waals surface area contributed by atoms with Crippen LogP contribution in [0.2, 0.25) is 0 Å². The van der Waals surface area contributed by atoms with Gasteiger partial charge in [0, 0.05) is 24.3 Å². The lowest BCUT2D eigenvalue weighted by molar-refractivity contribution is -0.116. The first-order valence-electron chi connectivity index (χ1n) is 9.65. The number of benzene rings is 1. The molecule has 0 aliphatic rings. The second-order valence-corrected chi connectivity index (χ2v) is 8.37. The maximum Gasteiger partial charge on any atom is 0.250 e. The van der Waals surface area contributed by atoms with Gasteiger partial charge >= 0.3 is 0 Å². The molecule has 0 aliphatic carbocycles. The van der Waals surface area contributed by atoms with Crippen LogP contribution in [-0.2, 0) is 9.59 Å². The van der Waals surface area contributed by atoms with Crippen molar-refractivity contribution in [2.45, 2.75) is 39.5 Å². The van der Waals surface area contributed by atoms with Crippen molar-refractivity contribution in [3.63, 3.8) is 0 Å². The first-order valence-corrected chi connectivity index (χ1v) is 11.3. The fourth-order valence-electron chi connectivity index (χ4n) is 2.86. The summed E-state index contributed by atoms with van der Waals surface area (Å²) in [6.07, 6.45) is 5.00. The standard InChI is InChI=1S/C21H23N5O2S2/c1-4-15(5-2)19-24-25-20(30-19)23-18(28)12-11-16-13-29-21(22-16)26(14(3)27)17-9-7-6-8-10-17/h6-13,15H,4-5H2,1-3H3,(H,23,25,28). The summed E-state index contributed by atoms with van der Waals surface area (Å²) in [6.45, 7) is 5.72. The Morgan fingerprint density at radius 3 is 2.57 bits per heavy atom. The van der Waals surface area contributed by atoms with Crippen LogP contribution in [0, 0.1) is 0 Å². The molecule has 0 radical (unpaired) electrons. The monoisotopic (exact) mass is 441 g/mol. The summed E-state index contributed by atoms with van der Waals surface area (Å²) < 4.78 is 0. The Kier molecular flexibility index (Phi) is 7.42. The summed E-state index contributed by atoms with van der Waals surface area (Å²) in [5, 5.41) is 14.7. The first-order chi connectivity index (χ1) is 14.5. The third-order valence-electron chi connectivity index (χ3n) is 4.44. The fraction of sp³-hybridized carbons (Fsp3) is 0.286. The van der Waals surface area contributed by atoms with Gasteiger partial charge in [-0.25, -0.2) is 4.98 Å². The van der Waals surface area contributed by atoms with Gasteiger partial charge in [0.05, 0.1) is 11.4 Å². The van der Waals surface area contributed by atoms with Gasteiger partial charge < -0.3 is 0 Å². The van der Waals surface area contributed by atoms with Crippen molar-refractivity contribution in [2.24, 2.45) is 0 Å². The molecule has 7 nitrogen and oxygen atoms in total. The van der Waals surface area contributed by atoms with Crippen molar-refractivity contribution in [3.8, 4) is 0 Å². The van der Waals surface area contributed by atoms with Gasteiger partial charge in [-0.2, -0.15) is 0 Å². The van der Waals surface area contributed by atoms with Gasteiger partial charge in [0.1, 0.15) is 5.01 Å². The molecular weight excluding hydrogens is 418 g/mol. The smallest absolute Gasteiger partial charge is 0.250 e. The molecule has 0 fully saturated rings. The molecular formula is C21H23N5O2S2. The number of para-hydroxylation sites is 1. The zero-order chi connectivity index (χ0) is 21.5. The maximum atomic E-state index is 12.2. The van der Waals surface area contributed by atoms with Crippen LogP contribution in [-0.4, -0.2) is 27.0 Å². The lowest BCUT2D eigenvalue weighted by Crippen LogP contribution is -2.22. The van der Waals surface area contributed by atoms with E-state index in [1.807, 2.05) is 30.3 Å². The zero-order valence-corrected chi connectivity index (χ0v) is 18.7. The molecule has 1 N–H and O–H groups in total. The number of anilines is 3. The summed E-state index contributed by atoms with van der Waals surface area (Å²) in [4.78, 5) is 30.4. The van der Waals surface area contributed by atoms with Crippen molar-refractivity contribution in [1.82, 2.24) is 15.2 Å². The van der Waals surface area contributed by atoms with E-state index in [-0.39, 0.29) is 11.8 Å². The quantitative estimate of drug-likeness (QED) is 0.483. The number of hydrogen-bond acceptors (Lipinski definition) is 7. The number of carbonyl (C=O) groups is 2. The van der Waals surface area contributed by atoms with E-state index in [4.69, 9.17) is 0 Å². The fourth-order valence-corrected chi connectivity index (χ4v) is 4.72. The molecule has 1 aromatic carbocycles. The summed E-state index contributed by atoms with van der Waals surface area (Å²) in [7, 11) is 0. The highest BCUT2D eigenvalue weighted by Crippen LogP contribution is 2.29. The van der Waals surface area contributed by atoms with Crippen molar-refractivity contribution in [2.75, 3.05) is 10.2 Å². The summed E-state index contributed by atoms with van der Waals surface area (Å²) in [5.74, 6) is -0.0670. The summed E-state index contributed by atoms with van der Waals surface area (Å²) >= 11 is 2.74. The third-order valence-corrected chi connectivity index (χ3v) is 6.29. The van der Waals surface area contributed by atoms with Crippen LogP contribution in [0.3, 0.4) is 0 Å². The molecule has 3 aromatic rings. The Labute approximate surface area is 183 Å². The minimum Gasteiger partial charge on any atom is -0.297 e. The maximum absolute atomic E-state index is 12.2. The Morgan fingerprint density at radius 1 is 1.17 bits per heavy atom. The highest BCUT2D eigenvalue weighted by molar-refractivity contribution is 7.15. The first kappa shape index (κ1) is 21.8. The Bertz CT molecular complexity index is 1020. The molecule has 9 heteroatoms. The van der Waals surface area contributed by atoms with E-state index < -0.39 is 0 Å². The molecule has 0 atom stereocenters. The molecule has 156 valence electrons. The number of nitrogens with one attached hydrogen (secondary N) is 1. The molecule has 30 heavy (non-hydrogen) atoms. The van der Waals surface area contributed by atoms with Crippen LogP contribution in [0.25, 0.3) is 6.08 Å². The Balaban J connectivity index is 1.66. The SMILES string of the molecule is CCC(CC)c1nnc(NC(=O)C=Cc2csc(N(C(C)=O)c3ccccc3)n2)s1. The lowest BCUT2D eigenvalue weighted by atomic mass is 10.1. The average molecular weight is 442 g/mol. The molecule has 2 heterocycles. The number of carbonyl (C=O) groups excluding carboxylic acids is 2. The van der Waals surface area contributed by atoms with Gasteiger partial charge in [-0.15, -0.1) is 21.5 Å². The minimum atomic E-state index is -0.303. The number of hydrogen-bond donors (Lipinski definition) is 1. The van der Waals surface area contributed by atoms with E-state index in [0.717, 1.165) is 23.5 Å². The van der Waals surface area contributed by atoms with E-state index in [1.165, 1.54) is 35.7 Å². The van der Waals surface area contributed by atoms with Gasteiger partial charge in [-0.3, -0.25) is 19.8 Å². The van der Waals surface area contributed by atoms with E-state index in [1.54, 1.807) is 16.4 Å². The number of aromatic nitrogens is 3. The van der Waals surface area contributed by atoms with Crippen LogP contribution in [0.5, 0.6) is 0 Å². The number of nitrogens with zero attached hydrogens (tertiary/aromatic N) is 4. The summed E-state index contributed by atoms with van der Waals surface area (Å²) in [6, 6.07) is 9.33. The predicted octanol–water partition coefficient (Wildman–Crippen LogP) is 5.23. The van der Waals surface area contributed by atoms with E-state index in [0.29, 0.717) is 21.9 Å². The molecule has 0 unspecified atom stereocenters. The van der Waals surface area contributed by atoms with Crippen molar-refractivity contribution < 1.29 is 9.59 Å². The highest BCUT2D eigenvalue weighted by Gasteiger charge is 2.17. The largest absolute Gasteiger partial charge is 0.297 e. The predicted molar refractivity (Wildman–Crippen MR) is 122 cm³/mol. The second kappa shape index (κ2) is 10.2. The molecule has 0 aliphatic heterocycles. The number of amides is 2. The van der Waals surface area contributed by atoms with Gasteiger partial charge in [-0.05, 0) is 31.1 Å². The van der Waals surface area contributed by atoms with E-state index in [2.05, 4.69) is 34.3 Å². The third kappa shape index (κ3) is 5.37. The van der Waals surface area contributed by atoms with Crippen molar-refractivity contribution in [1.29, 1.82) is 0 Å². The molecule has 2 amide bonds. The second-order valence-electron chi connectivity index (χ2n) is 6.53.